The number of likely N-dealkylation sites (N-methyl/N-ethyl adjacent to an activating group) is 1. The molecule has 1 fully saturated rings. The molecule has 1 aromatic rings. The second-order valence-corrected chi connectivity index (χ2v) is 7.45. The Hall–Kier alpha value is -0.630. The van der Waals surface area contributed by atoms with E-state index in [1.807, 2.05) is 11.6 Å². The molecule has 6 nitrogen and oxygen atoms in total. The number of fused-ring (bicyclic) bond motifs is 1. The van der Waals surface area contributed by atoms with Crippen molar-refractivity contribution in [2.45, 2.75) is 49.7 Å². The first-order valence-electron chi connectivity index (χ1n) is 7.35. The third kappa shape index (κ3) is 3.11. The predicted octanol–water partition coefficient (Wildman–Crippen LogP) is 1.01. The third-order valence-corrected chi connectivity index (χ3v) is 6.05. The van der Waals surface area contributed by atoms with Crippen LogP contribution in [0.2, 0.25) is 0 Å². The van der Waals surface area contributed by atoms with Gasteiger partial charge in [-0.3, -0.25) is 0 Å². The summed E-state index contributed by atoms with van der Waals surface area (Å²) in [6.07, 6.45) is 6.67. The molecule has 1 atom stereocenters. The van der Waals surface area contributed by atoms with E-state index in [-0.39, 0.29) is 23.5 Å². The first-order valence-corrected chi connectivity index (χ1v) is 8.79. The molecule has 8 heteroatoms. The minimum Gasteiger partial charge on any atom is -0.333 e. The summed E-state index contributed by atoms with van der Waals surface area (Å²) in [5.41, 5.74) is 0. The summed E-state index contributed by atoms with van der Waals surface area (Å²) in [7, 11) is -1.58. The third-order valence-electron chi connectivity index (χ3n) is 4.22. The average Bonchev–Trinajstić information content (AvgIpc) is 3.05. The van der Waals surface area contributed by atoms with Crippen LogP contribution in [-0.2, 0) is 23.0 Å². The SMILES string of the molecule is CNCC1CCCN1S(=O)(=O)c1cn2c(n1)CCCC2.Cl. The monoisotopic (exact) mass is 334 g/mol. The second kappa shape index (κ2) is 6.64. The first kappa shape index (κ1) is 16.7. The zero-order valence-electron chi connectivity index (χ0n) is 12.3. The van der Waals surface area contributed by atoms with Gasteiger partial charge in [0, 0.05) is 38.3 Å². The van der Waals surface area contributed by atoms with Gasteiger partial charge < -0.3 is 9.88 Å². The maximum atomic E-state index is 12.8. The van der Waals surface area contributed by atoms with E-state index in [9.17, 15) is 8.42 Å². The maximum absolute atomic E-state index is 12.8. The molecule has 0 saturated carbocycles. The summed E-state index contributed by atoms with van der Waals surface area (Å²) in [6, 6.07) is 0.0590. The molecule has 2 aliphatic rings. The molecular formula is C13H23ClN4O2S. The van der Waals surface area contributed by atoms with Gasteiger partial charge in [0.25, 0.3) is 10.0 Å². The number of nitrogens with zero attached hydrogens (tertiary/aromatic N) is 3. The molecule has 1 saturated heterocycles. The highest BCUT2D eigenvalue weighted by molar-refractivity contribution is 7.89. The fourth-order valence-electron chi connectivity index (χ4n) is 3.20. The molecule has 3 rings (SSSR count). The van der Waals surface area contributed by atoms with Gasteiger partial charge in [-0.2, -0.15) is 4.31 Å². The zero-order chi connectivity index (χ0) is 14.2. The molecule has 0 aromatic carbocycles. The number of sulfonamides is 1. The van der Waals surface area contributed by atoms with Crippen LogP contribution < -0.4 is 5.32 Å². The van der Waals surface area contributed by atoms with Gasteiger partial charge in [0.15, 0.2) is 5.03 Å². The Morgan fingerprint density at radius 3 is 2.86 bits per heavy atom. The highest BCUT2D eigenvalue weighted by atomic mass is 35.5. The summed E-state index contributed by atoms with van der Waals surface area (Å²) in [4.78, 5) is 4.37. The van der Waals surface area contributed by atoms with E-state index in [1.165, 1.54) is 0 Å². The summed E-state index contributed by atoms with van der Waals surface area (Å²) < 4.78 is 29.1. The first-order chi connectivity index (χ1) is 9.63. The van der Waals surface area contributed by atoms with Crippen LogP contribution in [0.1, 0.15) is 31.5 Å². The Labute approximate surface area is 132 Å². The Kier molecular flexibility index (Phi) is 5.29. The number of hydrogen-bond acceptors (Lipinski definition) is 4. The van der Waals surface area contributed by atoms with Gasteiger partial charge in [-0.1, -0.05) is 0 Å². The van der Waals surface area contributed by atoms with Crippen molar-refractivity contribution in [2.75, 3.05) is 20.1 Å². The summed E-state index contributed by atoms with van der Waals surface area (Å²) >= 11 is 0. The molecule has 0 radical (unpaired) electrons. The quantitative estimate of drug-likeness (QED) is 0.892. The van der Waals surface area contributed by atoms with E-state index < -0.39 is 10.0 Å². The lowest BCUT2D eigenvalue weighted by molar-refractivity contribution is 0.378. The van der Waals surface area contributed by atoms with Crippen LogP contribution in [0, 0.1) is 0 Å². The van der Waals surface area contributed by atoms with E-state index in [4.69, 9.17) is 0 Å². The largest absolute Gasteiger partial charge is 0.333 e. The van der Waals surface area contributed by atoms with Gasteiger partial charge in [-0.05, 0) is 32.7 Å². The smallest absolute Gasteiger partial charge is 0.262 e. The van der Waals surface area contributed by atoms with Gasteiger partial charge in [-0.25, -0.2) is 13.4 Å². The summed E-state index contributed by atoms with van der Waals surface area (Å²) in [5, 5.41) is 3.31. The number of imidazole rings is 1. The van der Waals surface area contributed by atoms with Gasteiger partial charge in [-0.15, -0.1) is 12.4 Å². The molecule has 1 aromatic heterocycles. The number of rotatable bonds is 4. The number of hydrogen-bond donors (Lipinski definition) is 1. The van der Waals surface area contributed by atoms with Crippen LogP contribution in [0.3, 0.4) is 0 Å². The van der Waals surface area contributed by atoms with Crippen molar-refractivity contribution in [1.29, 1.82) is 0 Å². The number of halogens is 1. The fraction of sp³-hybridized carbons (Fsp3) is 0.769. The normalized spacial score (nSPS) is 22.8. The lowest BCUT2D eigenvalue weighted by Gasteiger charge is -2.22. The van der Waals surface area contributed by atoms with Gasteiger partial charge >= 0.3 is 0 Å². The molecule has 120 valence electrons. The second-order valence-electron chi connectivity index (χ2n) is 5.62. The lowest BCUT2D eigenvalue weighted by atomic mass is 10.2. The Morgan fingerprint density at radius 1 is 1.33 bits per heavy atom. The highest BCUT2D eigenvalue weighted by Crippen LogP contribution is 2.26. The minimum absolute atomic E-state index is 0. The number of aryl methyl sites for hydroxylation is 2. The van der Waals surface area contributed by atoms with E-state index >= 15 is 0 Å². The zero-order valence-corrected chi connectivity index (χ0v) is 13.9. The van der Waals surface area contributed by atoms with Crippen LogP contribution in [0.15, 0.2) is 11.2 Å². The number of nitrogens with one attached hydrogen (secondary N) is 1. The van der Waals surface area contributed by atoms with Crippen molar-refractivity contribution in [1.82, 2.24) is 19.2 Å². The van der Waals surface area contributed by atoms with Crippen LogP contribution in [0.5, 0.6) is 0 Å². The van der Waals surface area contributed by atoms with Crippen LogP contribution in [0.4, 0.5) is 0 Å². The van der Waals surface area contributed by atoms with Crippen molar-refractivity contribution in [3.05, 3.63) is 12.0 Å². The van der Waals surface area contributed by atoms with E-state index in [0.29, 0.717) is 13.1 Å². The van der Waals surface area contributed by atoms with Crippen LogP contribution in [0.25, 0.3) is 0 Å². The highest BCUT2D eigenvalue weighted by Gasteiger charge is 2.36. The molecule has 0 spiro atoms. The topological polar surface area (TPSA) is 67.2 Å². The molecule has 0 bridgehead atoms. The molecular weight excluding hydrogens is 312 g/mol. The Balaban J connectivity index is 0.00000161. The van der Waals surface area contributed by atoms with Crippen molar-refractivity contribution in [3.8, 4) is 0 Å². The molecule has 1 N–H and O–H groups in total. The van der Waals surface area contributed by atoms with Crippen molar-refractivity contribution >= 4 is 22.4 Å². The predicted molar refractivity (Wildman–Crippen MR) is 83.3 cm³/mol. The molecule has 0 amide bonds. The molecule has 0 aliphatic carbocycles. The molecule has 2 aliphatic heterocycles. The minimum atomic E-state index is -3.44. The van der Waals surface area contributed by atoms with Crippen molar-refractivity contribution in [2.24, 2.45) is 0 Å². The summed E-state index contributed by atoms with van der Waals surface area (Å²) in [6.45, 7) is 2.20. The molecule has 1 unspecified atom stereocenters. The van der Waals surface area contributed by atoms with Gasteiger partial charge in [0.05, 0.1) is 0 Å². The van der Waals surface area contributed by atoms with E-state index in [0.717, 1.165) is 44.5 Å². The molecule has 21 heavy (non-hydrogen) atoms. The fourth-order valence-corrected chi connectivity index (χ4v) is 4.86. The van der Waals surface area contributed by atoms with E-state index in [1.54, 1.807) is 10.5 Å². The number of aromatic nitrogens is 2. The van der Waals surface area contributed by atoms with Gasteiger partial charge in [0.2, 0.25) is 0 Å². The maximum Gasteiger partial charge on any atom is 0.262 e. The van der Waals surface area contributed by atoms with Crippen LogP contribution in [-0.4, -0.2) is 48.5 Å². The van der Waals surface area contributed by atoms with Crippen LogP contribution >= 0.6 is 12.4 Å². The average molecular weight is 335 g/mol. The Bertz CT molecular complexity index is 563. The van der Waals surface area contributed by atoms with Gasteiger partial charge in [0.1, 0.15) is 5.82 Å². The van der Waals surface area contributed by atoms with Crippen molar-refractivity contribution < 1.29 is 8.42 Å². The van der Waals surface area contributed by atoms with Crippen molar-refractivity contribution in [3.63, 3.8) is 0 Å². The standard InChI is InChI=1S/C13H22N4O2S.ClH/c1-14-9-11-5-4-8-17(11)20(18,19)13-10-16-7-3-2-6-12(16)15-13;/h10-11,14H,2-9H2,1H3;1H. The molecule has 3 heterocycles. The lowest BCUT2D eigenvalue weighted by Crippen LogP contribution is -2.40. The van der Waals surface area contributed by atoms with E-state index in [2.05, 4.69) is 10.3 Å². The summed E-state index contributed by atoms with van der Waals surface area (Å²) in [5.74, 6) is 0.916. The Morgan fingerprint density at radius 2 is 2.14 bits per heavy atom.